The molecule has 2 aromatic rings. The summed E-state index contributed by atoms with van der Waals surface area (Å²) in [6.45, 7) is 3.92. The zero-order chi connectivity index (χ0) is 14.1. The van der Waals surface area contributed by atoms with Crippen molar-refractivity contribution < 1.29 is 4.79 Å². The van der Waals surface area contributed by atoms with E-state index in [1.807, 2.05) is 32.0 Å². The lowest BCUT2D eigenvalue weighted by atomic mass is 9.99. The lowest BCUT2D eigenvalue weighted by Crippen LogP contribution is -2.15. The SMILES string of the molecule is Cc1ccc2c(c1)C(=O)CC(CSc1nnc(C)s1)=N2. The number of fused-ring (bicyclic) bond motifs is 1. The summed E-state index contributed by atoms with van der Waals surface area (Å²) in [4.78, 5) is 16.7. The summed E-state index contributed by atoms with van der Waals surface area (Å²) in [5, 5.41) is 9.00. The summed E-state index contributed by atoms with van der Waals surface area (Å²) < 4.78 is 0.923. The number of carbonyl (C=O) groups excluding carboxylic acids is 1. The van der Waals surface area contributed by atoms with Crippen molar-refractivity contribution in [3.05, 3.63) is 34.3 Å². The molecule has 0 spiro atoms. The normalized spacial score (nSPS) is 14.1. The molecule has 0 amide bonds. The minimum absolute atomic E-state index is 0.155. The molecule has 1 aromatic carbocycles. The number of hydrogen-bond donors (Lipinski definition) is 0. The number of aliphatic imine (C=N–C) groups is 1. The van der Waals surface area contributed by atoms with Crippen molar-refractivity contribution in [2.24, 2.45) is 4.99 Å². The van der Waals surface area contributed by atoms with Gasteiger partial charge in [-0.05, 0) is 26.0 Å². The highest BCUT2D eigenvalue weighted by atomic mass is 32.2. The molecule has 0 unspecified atom stereocenters. The van der Waals surface area contributed by atoms with Gasteiger partial charge in [0.2, 0.25) is 0 Å². The molecule has 2 heterocycles. The van der Waals surface area contributed by atoms with E-state index < -0.39 is 0 Å². The van der Waals surface area contributed by atoms with Crippen LogP contribution in [0.2, 0.25) is 0 Å². The van der Waals surface area contributed by atoms with E-state index >= 15 is 0 Å². The topological polar surface area (TPSA) is 55.2 Å². The zero-order valence-electron chi connectivity index (χ0n) is 11.2. The quantitative estimate of drug-likeness (QED) is 0.813. The van der Waals surface area contributed by atoms with Crippen LogP contribution >= 0.6 is 23.1 Å². The van der Waals surface area contributed by atoms with Crippen LogP contribution in [-0.2, 0) is 0 Å². The third kappa shape index (κ3) is 2.81. The monoisotopic (exact) mass is 303 g/mol. The molecule has 1 aliphatic heterocycles. The summed E-state index contributed by atoms with van der Waals surface area (Å²) in [6.07, 6.45) is 0.404. The molecule has 0 aliphatic carbocycles. The van der Waals surface area contributed by atoms with Crippen molar-refractivity contribution in [2.45, 2.75) is 24.6 Å². The van der Waals surface area contributed by atoms with E-state index in [9.17, 15) is 4.79 Å². The van der Waals surface area contributed by atoms with Gasteiger partial charge in [-0.25, -0.2) is 0 Å². The second-order valence-electron chi connectivity index (χ2n) is 4.67. The molecule has 1 aliphatic rings. The first-order chi connectivity index (χ1) is 9.61. The number of aryl methyl sites for hydroxylation is 2. The van der Waals surface area contributed by atoms with E-state index in [-0.39, 0.29) is 5.78 Å². The van der Waals surface area contributed by atoms with Crippen LogP contribution in [0.15, 0.2) is 27.5 Å². The molecule has 3 rings (SSSR count). The second kappa shape index (κ2) is 5.46. The number of nitrogens with zero attached hydrogens (tertiary/aromatic N) is 3. The third-order valence-corrected chi connectivity index (χ3v) is 5.01. The Labute approximate surface area is 125 Å². The first kappa shape index (κ1) is 13.5. The van der Waals surface area contributed by atoms with Gasteiger partial charge >= 0.3 is 0 Å². The van der Waals surface area contributed by atoms with Gasteiger partial charge in [0.15, 0.2) is 10.1 Å². The van der Waals surface area contributed by atoms with Crippen molar-refractivity contribution in [2.75, 3.05) is 5.75 Å². The fraction of sp³-hybridized carbons (Fsp3) is 0.286. The molecule has 6 heteroatoms. The van der Waals surface area contributed by atoms with Crippen molar-refractivity contribution in [1.82, 2.24) is 10.2 Å². The van der Waals surface area contributed by atoms with Crippen molar-refractivity contribution in [3.63, 3.8) is 0 Å². The average Bonchev–Trinajstić information content (AvgIpc) is 2.83. The first-order valence-corrected chi connectivity index (χ1v) is 8.05. The molecule has 1 aromatic heterocycles. The summed E-state index contributed by atoms with van der Waals surface area (Å²) >= 11 is 3.16. The van der Waals surface area contributed by atoms with E-state index in [0.29, 0.717) is 12.2 Å². The van der Waals surface area contributed by atoms with Crippen LogP contribution in [0.25, 0.3) is 0 Å². The maximum absolute atomic E-state index is 12.1. The van der Waals surface area contributed by atoms with Crippen LogP contribution in [0.4, 0.5) is 5.69 Å². The number of hydrogen-bond acceptors (Lipinski definition) is 6. The minimum atomic E-state index is 0.155. The average molecular weight is 303 g/mol. The van der Waals surface area contributed by atoms with Crippen LogP contribution < -0.4 is 0 Å². The summed E-state index contributed by atoms with van der Waals surface area (Å²) in [5.74, 6) is 0.844. The van der Waals surface area contributed by atoms with Gasteiger partial charge in [0.25, 0.3) is 0 Å². The molecule has 0 saturated carbocycles. The molecule has 0 atom stereocenters. The molecule has 0 N–H and O–H groups in total. The standard InChI is InChI=1S/C14H13N3OS2/c1-8-3-4-12-11(5-8)13(18)6-10(15-12)7-19-14-17-16-9(2)20-14/h3-5H,6-7H2,1-2H3. The number of aromatic nitrogens is 2. The van der Waals surface area contributed by atoms with E-state index in [2.05, 4.69) is 15.2 Å². The van der Waals surface area contributed by atoms with Crippen LogP contribution in [0, 0.1) is 13.8 Å². The molecule has 20 heavy (non-hydrogen) atoms. The summed E-state index contributed by atoms with van der Waals surface area (Å²) in [5.41, 5.74) is 3.53. The highest BCUT2D eigenvalue weighted by Gasteiger charge is 2.20. The highest BCUT2D eigenvalue weighted by Crippen LogP contribution is 2.29. The van der Waals surface area contributed by atoms with E-state index in [4.69, 9.17) is 0 Å². The van der Waals surface area contributed by atoms with E-state index in [1.54, 1.807) is 23.1 Å². The van der Waals surface area contributed by atoms with Crippen LogP contribution in [0.3, 0.4) is 0 Å². The van der Waals surface area contributed by atoms with Crippen molar-refractivity contribution >= 4 is 40.3 Å². The number of Topliss-reactive ketones (excluding diaryl/α,β-unsaturated/α-hetero) is 1. The fourth-order valence-electron chi connectivity index (χ4n) is 2.03. The Morgan fingerprint density at radius 3 is 2.90 bits per heavy atom. The Kier molecular flexibility index (Phi) is 3.67. The molecule has 0 saturated heterocycles. The van der Waals surface area contributed by atoms with E-state index in [1.165, 1.54) is 0 Å². The first-order valence-electron chi connectivity index (χ1n) is 6.25. The zero-order valence-corrected chi connectivity index (χ0v) is 12.8. The predicted octanol–water partition coefficient (Wildman–Crippen LogP) is 3.61. The third-order valence-electron chi connectivity index (χ3n) is 2.97. The smallest absolute Gasteiger partial charge is 0.174 e. The number of benzene rings is 1. The fourth-order valence-corrected chi connectivity index (χ4v) is 3.77. The van der Waals surface area contributed by atoms with E-state index in [0.717, 1.165) is 31.9 Å². The van der Waals surface area contributed by atoms with Crippen LogP contribution in [0.1, 0.15) is 27.3 Å². The van der Waals surface area contributed by atoms with Crippen molar-refractivity contribution in [1.29, 1.82) is 0 Å². The Morgan fingerprint density at radius 2 is 2.15 bits per heavy atom. The number of thioether (sulfide) groups is 1. The van der Waals surface area contributed by atoms with Gasteiger partial charge in [0.1, 0.15) is 5.01 Å². The van der Waals surface area contributed by atoms with Gasteiger partial charge in [0, 0.05) is 17.0 Å². The van der Waals surface area contributed by atoms with Crippen LogP contribution in [-0.4, -0.2) is 27.4 Å². The lowest BCUT2D eigenvalue weighted by molar-refractivity contribution is 0.0999. The minimum Gasteiger partial charge on any atom is -0.294 e. The van der Waals surface area contributed by atoms with Crippen molar-refractivity contribution in [3.8, 4) is 0 Å². The highest BCUT2D eigenvalue weighted by molar-refractivity contribution is 8.01. The molecule has 4 nitrogen and oxygen atoms in total. The summed E-state index contributed by atoms with van der Waals surface area (Å²) in [7, 11) is 0. The summed E-state index contributed by atoms with van der Waals surface area (Å²) in [6, 6.07) is 5.82. The largest absolute Gasteiger partial charge is 0.294 e. The van der Waals surface area contributed by atoms with Gasteiger partial charge in [-0.1, -0.05) is 34.7 Å². The Hall–Kier alpha value is -1.53. The van der Waals surface area contributed by atoms with Gasteiger partial charge in [-0.15, -0.1) is 10.2 Å². The number of carbonyl (C=O) groups is 1. The van der Waals surface area contributed by atoms with Gasteiger partial charge in [-0.2, -0.15) is 0 Å². The Balaban J connectivity index is 1.78. The molecule has 0 fully saturated rings. The van der Waals surface area contributed by atoms with Crippen LogP contribution in [0.5, 0.6) is 0 Å². The number of ketones is 1. The van der Waals surface area contributed by atoms with Gasteiger partial charge in [-0.3, -0.25) is 9.79 Å². The second-order valence-corrected chi connectivity index (χ2v) is 7.08. The number of rotatable bonds is 3. The molecular weight excluding hydrogens is 290 g/mol. The Bertz CT molecular complexity index is 706. The molecule has 0 bridgehead atoms. The maximum Gasteiger partial charge on any atom is 0.174 e. The maximum atomic E-state index is 12.1. The lowest BCUT2D eigenvalue weighted by Gasteiger charge is -2.14. The predicted molar refractivity (Wildman–Crippen MR) is 82.6 cm³/mol. The van der Waals surface area contributed by atoms with Gasteiger partial charge < -0.3 is 0 Å². The molecular formula is C14H13N3OS2. The van der Waals surface area contributed by atoms with Gasteiger partial charge in [0.05, 0.1) is 12.1 Å². The Morgan fingerprint density at radius 1 is 1.30 bits per heavy atom. The molecule has 0 radical (unpaired) electrons. The molecule has 102 valence electrons.